The SMILES string of the molecule is CCC(C)N(C(=O)c1cc(-c2ccc(Cl)cc2)nc2ccccc12)C(C)CC. The Kier molecular flexibility index (Phi) is 6.35. The average molecular weight is 395 g/mol. The summed E-state index contributed by atoms with van der Waals surface area (Å²) in [4.78, 5) is 20.5. The summed E-state index contributed by atoms with van der Waals surface area (Å²) in [6.07, 6.45) is 1.84. The van der Waals surface area contributed by atoms with Crippen molar-refractivity contribution in [2.75, 3.05) is 0 Å². The van der Waals surface area contributed by atoms with Gasteiger partial charge in [-0.15, -0.1) is 0 Å². The van der Waals surface area contributed by atoms with E-state index in [1.54, 1.807) is 0 Å². The van der Waals surface area contributed by atoms with E-state index >= 15 is 0 Å². The van der Waals surface area contributed by atoms with Gasteiger partial charge in [0.2, 0.25) is 0 Å². The Morgan fingerprint density at radius 3 is 2.21 bits per heavy atom. The van der Waals surface area contributed by atoms with Crippen LogP contribution in [0.1, 0.15) is 50.9 Å². The van der Waals surface area contributed by atoms with Crippen molar-refractivity contribution in [1.82, 2.24) is 9.88 Å². The van der Waals surface area contributed by atoms with Crippen molar-refractivity contribution in [1.29, 1.82) is 0 Å². The maximum absolute atomic E-state index is 13.7. The third-order valence-corrected chi connectivity index (χ3v) is 5.70. The molecule has 1 aromatic heterocycles. The first kappa shape index (κ1) is 20.3. The molecule has 0 aliphatic carbocycles. The van der Waals surface area contributed by atoms with Crippen LogP contribution in [-0.2, 0) is 0 Å². The van der Waals surface area contributed by atoms with Gasteiger partial charge in [0.25, 0.3) is 5.91 Å². The lowest BCUT2D eigenvalue weighted by Crippen LogP contribution is -2.44. The summed E-state index contributed by atoms with van der Waals surface area (Å²) in [5.74, 6) is 0.0671. The third-order valence-electron chi connectivity index (χ3n) is 5.45. The zero-order valence-electron chi connectivity index (χ0n) is 16.9. The van der Waals surface area contributed by atoms with Gasteiger partial charge in [-0.1, -0.05) is 55.8 Å². The Hall–Kier alpha value is -2.39. The van der Waals surface area contributed by atoms with Gasteiger partial charge < -0.3 is 4.90 Å². The molecule has 0 saturated carbocycles. The molecule has 0 radical (unpaired) electrons. The molecule has 28 heavy (non-hydrogen) atoms. The molecule has 2 atom stereocenters. The van der Waals surface area contributed by atoms with Crippen LogP contribution in [0.15, 0.2) is 54.6 Å². The fourth-order valence-electron chi connectivity index (χ4n) is 3.49. The molecule has 0 spiro atoms. The second-order valence-corrected chi connectivity index (χ2v) is 7.74. The lowest BCUT2D eigenvalue weighted by atomic mass is 10.0. The van der Waals surface area contributed by atoms with Crippen molar-refractivity contribution in [3.05, 3.63) is 65.2 Å². The van der Waals surface area contributed by atoms with Gasteiger partial charge >= 0.3 is 0 Å². The first-order valence-electron chi connectivity index (χ1n) is 9.94. The number of aromatic nitrogens is 1. The van der Waals surface area contributed by atoms with Gasteiger partial charge in [-0.2, -0.15) is 0 Å². The highest BCUT2D eigenvalue weighted by molar-refractivity contribution is 6.30. The smallest absolute Gasteiger partial charge is 0.255 e. The van der Waals surface area contributed by atoms with Crippen LogP contribution in [-0.4, -0.2) is 27.9 Å². The highest BCUT2D eigenvalue weighted by Crippen LogP contribution is 2.28. The van der Waals surface area contributed by atoms with E-state index in [2.05, 4.69) is 27.7 Å². The second-order valence-electron chi connectivity index (χ2n) is 7.31. The van der Waals surface area contributed by atoms with Gasteiger partial charge in [0.1, 0.15) is 0 Å². The molecule has 0 N–H and O–H groups in total. The topological polar surface area (TPSA) is 33.2 Å². The lowest BCUT2D eigenvalue weighted by molar-refractivity contribution is 0.0600. The Morgan fingerprint density at radius 1 is 1.00 bits per heavy atom. The van der Waals surface area contributed by atoms with Crippen molar-refractivity contribution < 1.29 is 4.79 Å². The van der Waals surface area contributed by atoms with E-state index in [0.29, 0.717) is 10.6 Å². The van der Waals surface area contributed by atoms with Crippen molar-refractivity contribution >= 4 is 28.4 Å². The van der Waals surface area contributed by atoms with Crippen molar-refractivity contribution in [2.24, 2.45) is 0 Å². The molecule has 3 aromatic rings. The van der Waals surface area contributed by atoms with Crippen molar-refractivity contribution in [3.8, 4) is 11.3 Å². The zero-order valence-corrected chi connectivity index (χ0v) is 17.7. The van der Waals surface area contributed by atoms with Crippen LogP contribution in [0.25, 0.3) is 22.2 Å². The van der Waals surface area contributed by atoms with Crippen LogP contribution in [0.2, 0.25) is 5.02 Å². The molecule has 1 amide bonds. The number of fused-ring (bicyclic) bond motifs is 1. The van der Waals surface area contributed by atoms with E-state index in [9.17, 15) is 4.79 Å². The minimum atomic E-state index is 0.0671. The van der Waals surface area contributed by atoms with E-state index in [4.69, 9.17) is 16.6 Å². The molecule has 0 aliphatic heterocycles. The van der Waals surface area contributed by atoms with Crippen molar-refractivity contribution in [2.45, 2.75) is 52.6 Å². The fourth-order valence-corrected chi connectivity index (χ4v) is 3.61. The summed E-state index contributed by atoms with van der Waals surface area (Å²) < 4.78 is 0. The molecular formula is C24H27ClN2O. The minimum Gasteiger partial charge on any atom is -0.333 e. The molecular weight excluding hydrogens is 368 g/mol. The Balaban J connectivity index is 2.18. The summed E-state index contributed by atoms with van der Waals surface area (Å²) in [6, 6.07) is 17.7. The predicted molar refractivity (Wildman–Crippen MR) is 118 cm³/mol. The van der Waals surface area contributed by atoms with Crippen LogP contribution in [0.5, 0.6) is 0 Å². The number of rotatable bonds is 6. The van der Waals surface area contributed by atoms with Gasteiger partial charge in [-0.25, -0.2) is 4.98 Å². The molecule has 0 aliphatic rings. The summed E-state index contributed by atoms with van der Waals surface area (Å²) >= 11 is 6.04. The summed E-state index contributed by atoms with van der Waals surface area (Å²) in [6.45, 7) is 8.48. The van der Waals surface area contributed by atoms with Gasteiger partial charge in [0.05, 0.1) is 16.8 Å². The molecule has 2 aromatic carbocycles. The number of halogens is 1. The number of nitrogens with zero attached hydrogens (tertiary/aromatic N) is 2. The number of carbonyl (C=O) groups excluding carboxylic acids is 1. The van der Waals surface area contributed by atoms with Crippen LogP contribution in [0.4, 0.5) is 0 Å². The minimum absolute atomic E-state index is 0.0671. The molecule has 4 heteroatoms. The number of benzene rings is 2. The highest BCUT2D eigenvalue weighted by Gasteiger charge is 2.26. The van der Waals surface area contributed by atoms with Gasteiger partial charge in [-0.3, -0.25) is 4.79 Å². The highest BCUT2D eigenvalue weighted by atomic mass is 35.5. The second kappa shape index (κ2) is 8.74. The van der Waals surface area contributed by atoms with E-state index in [1.165, 1.54) is 0 Å². The Bertz CT molecular complexity index is 958. The van der Waals surface area contributed by atoms with E-state index < -0.39 is 0 Å². The van der Waals surface area contributed by atoms with E-state index in [1.807, 2.05) is 59.5 Å². The van der Waals surface area contributed by atoms with E-state index in [-0.39, 0.29) is 18.0 Å². The molecule has 3 rings (SSSR count). The average Bonchev–Trinajstić information content (AvgIpc) is 2.73. The van der Waals surface area contributed by atoms with Crippen LogP contribution in [0.3, 0.4) is 0 Å². The number of carbonyl (C=O) groups is 1. The normalized spacial score (nSPS) is 13.3. The first-order valence-corrected chi connectivity index (χ1v) is 10.3. The van der Waals surface area contributed by atoms with Crippen LogP contribution < -0.4 is 0 Å². The molecule has 0 bridgehead atoms. The number of pyridine rings is 1. The van der Waals surface area contributed by atoms with Crippen LogP contribution in [0, 0.1) is 0 Å². The number of amides is 1. The molecule has 0 saturated heterocycles. The monoisotopic (exact) mass is 394 g/mol. The molecule has 0 fully saturated rings. The standard InChI is InChI=1S/C24H27ClN2O/c1-5-16(3)27(17(4)6-2)24(28)21-15-23(18-11-13-19(25)14-12-18)26-22-10-8-7-9-20(21)22/h7-17H,5-6H2,1-4H3. The van der Waals surface area contributed by atoms with Gasteiger partial charge in [0, 0.05) is 28.1 Å². The number of hydrogen-bond donors (Lipinski definition) is 0. The van der Waals surface area contributed by atoms with Crippen molar-refractivity contribution in [3.63, 3.8) is 0 Å². The largest absolute Gasteiger partial charge is 0.333 e. The zero-order chi connectivity index (χ0) is 20.3. The number of hydrogen-bond acceptors (Lipinski definition) is 2. The first-order chi connectivity index (χ1) is 13.5. The Morgan fingerprint density at radius 2 is 1.61 bits per heavy atom. The third kappa shape index (κ3) is 4.05. The maximum atomic E-state index is 13.7. The predicted octanol–water partition coefficient (Wildman–Crippen LogP) is 6.59. The quantitative estimate of drug-likeness (QED) is 0.472. The lowest BCUT2D eigenvalue weighted by Gasteiger charge is -2.34. The Labute approximate surface area is 172 Å². The molecule has 146 valence electrons. The van der Waals surface area contributed by atoms with E-state index in [0.717, 1.165) is 35.0 Å². The maximum Gasteiger partial charge on any atom is 0.255 e. The van der Waals surface area contributed by atoms with Crippen LogP contribution >= 0.6 is 11.6 Å². The van der Waals surface area contributed by atoms with Gasteiger partial charge in [0.15, 0.2) is 0 Å². The summed E-state index contributed by atoms with van der Waals surface area (Å²) in [5, 5.41) is 1.57. The molecule has 1 heterocycles. The summed E-state index contributed by atoms with van der Waals surface area (Å²) in [7, 11) is 0. The summed E-state index contributed by atoms with van der Waals surface area (Å²) in [5.41, 5.74) is 3.26. The molecule has 2 unspecified atom stereocenters. The number of para-hydroxylation sites is 1. The fraction of sp³-hybridized carbons (Fsp3) is 0.333. The molecule has 3 nitrogen and oxygen atoms in total. The van der Waals surface area contributed by atoms with Gasteiger partial charge in [-0.05, 0) is 51.0 Å².